The molecule has 0 spiro atoms. The number of aliphatic carboxylic acids is 1. The maximum Gasteiger partial charge on any atom is 0.303 e. The largest absolute Gasteiger partial charge is 0.481 e. The molecule has 0 bridgehead atoms. The molecule has 76 valence electrons. The molecular formula is C8H11N3O3. The van der Waals surface area contributed by atoms with Crippen LogP contribution in [0.5, 0.6) is 0 Å². The first-order valence-corrected chi connectivity index (χ1v) is 4.08. The monoisotopic (exact) mass is 197 g/mol. The van der Waals surface area contributed by atoms with Gasteiger partial charge in [-0.25, -0.2) is 4.98 Å². The van der Waals surface area contributed by atoms with E-state index in [0.29, 0.717) is 5.95 Å². The van der Waals surface area contributed by atoms with E-state index in [2.05, 4.69) is 10.3 Å². The number of carbonyl (C=O) groups is 2. The number of carboxylic acid groups (broad SMARTS) is 1. The van der Waals surface area contributed by atoms with Crippen LogP contribution in [0, 0.1) is 0 Å². The van der Waals surface area contributed by atoms with Crippen LogP contribution in [0.15, 0.2) is 12.4 Å². The predicted octanol–water partition coefficient (Wildman–Crippen LogP) is 0.223. The molecule has 0 unspecified atom stereocenters. The fourth-order valence-electron chi connectivity index (χ4n) is 0.894. The van der Waals surface area contributed by atoms with Crippen LogP contribution >= 0.6 is 0 Å². The van der Waals surface area contributed by atoms with Gasteiger partial charge >= 0.3 is 5.97 Å². The number of hydrogen-bond donors (Lipinski definition) is 2. The third kappa shape index (κ3) is 2.89. The van der Waals surface area contributed by atoms with Crippen molar-refractivity contribution in [3.63, 3.8) is 0 Å². The highest BCUT2D eigenvalue weighted by Gasteiger charge is 2.07. The summed E-state index contributed by atoms with van der Waals surface area (Å²) in [5.74, 6) is -0.915. The van der Waals surface area contributed by atoms with Crippen molar-refractivity contribution >= 4 is 17.8 Å². The highest BCUT2D eigenvalue weighted by molar-refractivity contribution is 5.90. The second-order valence-corrected chi connectivity index (χ2v) is 2.80. The smallest absolute Gasteiger partial charge is 0.303 e. The molecular weight excluding hydrogens is 186 g/mol. The lowest BCUT2D eigenvalue weighted by Gasteiger charge is -2.02. The zero-order valence-corrected chi connectivity index (χ0v) is 7.73. The number of imidazole rings is 1. The van der Waals surface area contributed by atoms with Crippen LogP contribution in [0.25, 0.3) is 0 Å². The van der Waals surface area contributed by atoms with Gasteiger partial charge in [0.2, 0.25) is 11.9 Å². The molecule has 0 atom stereocenters. The van der Waals surface area contributed by atoms with Gasteiger partial charge < -0.3 is 9.67 Å². The Morgan fingerprint density at radius 1 is 1.57 bits per heavy atom. The molecule has 1 amide bonds. The first-order valence-electron chi connectivity index (χ1n) is 4.08. The van der Waals surface area contributed by atoms with Gasteiger partial charge in [-0.1, -0.05) is 0 Å². The molecule has 0 aromatic carbocycles. The van der Waals surface area contributed by atoms with Gasteiger partial charge in [0.15, 0.2) is 0 Å². The lowest BCUT2D eigenvalue weighted by molar-refractivity contribution is -0.138. The van der Waals surface area contributed by atoms with Crippen molar-refractivity contribution < 1.29 is 14.7 Å². The molecule has 1 aromatic heterocycles. The molecule has 0 fully saturated rings. The van der Waals surface area contributed by atoms with E-state index in [9.17, 15) is 9.59 Å². The van der Waals surface area contributed by atoms with Crippen LogP contribution < -0.4 is 5.32 Å². The van der Waals surface area contributed by atoms with Crippen molar-refractivity contribution in [1.29, 1.82) is 0 Å². The summed E-state index contributed by atoms with van der Waals surface area (Å²) in [7, 11) is 1.74. The van der Waals surface area contributed by atoms with Crippen molar-refractivity contribution in [3.05, 3.63) is 12.4 Å². The van der Waals surface area contributed by atoms with Gasteiger partial charge in [0.1, 0.15) is 0 Å². The van der Waals surface area contributed by atoms with E-state index in [1.54, 1.807) is 24.0 Å². The second-order valence-electron chi connectivity index (χ2n) is 2.80. The Morgan fingerprint density at radius 3 is 2.79 bits per heavy atom. The van der Waals surface area contributed by atoms with Crippen molar-refractivity contribution in [2.24, 2.45) is 7.05 Å². The number of nitrogens with zero attached hydrogens (tertiary/aromatic N) is 2. The molecule has 0 saturated carbocycles. The van der Waals surface area contributed by atoms with Crippen molar-refractivity contribution in [2.75, 3.05) is 5.32 Å². The van der Waals surface area contributed by atoms with Crippen molar-refractivity contribution in [1.82, 2.24) is 9.55 Å². The molecule has 2 N–H and O–H groups in total. The fraction of sp³-hybridized carbons (Fsp3) is 0.375. The van der Waals surface area contributed by atoms with Gasteiger partial charge in [0.25, 0.3) is 0 Å². The Labute approximate surface area is 80.6 Å². The minimum atomic E-state index is -0.986. The lowest BCUT2D eigenvalue weighted by Crippen LogP contribution is -2.15. The minimum Gasteiger partial charge on any atom is -0.481 e. The van der Waals surface area contributed by atoms with Crippen molar-refractivity contribution in [3.8, 4) is 0 Å². The molecule has 1 aromatic rings. The summed E-state index contributed by atoms with van der Waals surface area (Å²) in [5.41, 5.74) is 0. The fourth-order valence-corrected chi connectivity index (χ4v) is 0.894. The summed E-state index contributed by atoms with van der Waals surface area (Å²) in [6.07, 6.45) is 3.03. The van der Waals surface area contributed by atoms with Gasteiger partial charge in [0, 0.05) is 25.9 Å². The molecule has 6 heteroatoms. The molecule has 6 nitrogen and oxygen atoms in total. The highest BCUT2D eigenvalue weighted by atomic mass is 16.4. The topological polar surface area (TPSA) is 84.2 Å². The number of rotatable bonds is 4. The summed E-state index contributed by atoms with van der Waals surface area (Å²) in [5, 5.41) is 10.8. The first-order chi connectivity index (χ1) is 6.59. The van der Waals surface area contributed by atoms with E-state index in [1.165, 1.54) is 0 Å². The summed E-state index contributed by atoms with van der Waals surface area (Å²) in [6.45, 7) is 0. The Kier molecular flexibility index (Phi) is 3.22. The Balaban J connectivity index is 2.42. The zero-order valence-electron chi connectivity index (χ0n) is 7.73. The van der Waals surface area contributed by atoms with Crippen LogP contribution in [0.2, 0.25) is 0 Å². The van der Waals surface area contributed by atoms with E-state index in [4.69, 9.17) is 5.11 Å². The number of amides is 1. The highest BCUT2D eigenvalue weighted by Crippen LogP contribution is 2.02. The van der Waals surface area contributed by atoms with Crippen LogP contribution in [0.1, 0.15) is 12.8 Å². The average molecular weight is 197 g/mol. The summed E-state index contributed by atoms with van der Waals surface area (Å²) < 4.78 is 1.64. The van der Waals surface area contributed by atoms with Gasteiger partial charge in [-0.3, -0.25) is 14.9 Å². The van der Waals surface area contributed by atoms with Crippen LogP contribution in [0.3, 0.4) is 0 Å². The molecule has 0 aliphatic carbocycles. The quantitative estimate of drug-likeness (QED) is 0.723. The predicted molar refractivity (Wildman–Crippen MR) is 48.7 cm³/mol. The van der Waals surface area contributed by atoms with Crippen molar-refractivity contribution in [2.45, 2.75) is 12.8 Å². The van der Waals surface area contributed by atoms with Gasteiger partial charge in [-0.15, -0.1) is 0 Å². The first kappa shape index (κ1) is 10.2. The van der Waals surface area contributed by atoms with E-state index in [-0.39, 0.29) is 18.7 Å². The molecule has 1 heterocycles. The van der Waals surface area contributed by atoms with Gasteiger partial charge in [0.05, 0.1) is 6.42 Å². The normalized spacial score (nSPS) is 9.79. The van der Waals surface area contributed by atoms with E-state index in [0.717, 1.165) is 0 Å². The Morgan fingerprint density at radius 2 is 2.29 bits per heavy atom. The number of aryl methyl sites for hydroxylation is 1. The van der Waals surface area contributed by atoms with Gasteiger partial charge in [-0.2, -0.15) is 0 Å². The number of anilines is 1. The standard InChI is InChI=1S/C8H11N3O3/c1-11-5-4-9-8(11)10-6(12)2-3-7(13)14/h4-5H,2-3H2,1H3,(H,13,14)(H,9,10,12). The molecule has 0 saturated heterocycles. The number of nitrogens with one attached hydrogen (secondary N) is 1. The van der Waals surface area contributed by atoms with E-state index < -0.39 is 5.97 Å². The number of carboxylic acids is 1. The molecule has 1 rings (SSSR count). The zero-order chi connectivity index (χ0) is 10.6. The number of carbonyl (C=O) groups excluding carboxylic acids is 1. The van der Waals surface area contributed by atoms with Crippen LogP contribution in [0.4, 0.5) is 5.95 Å². The third-order valence-corrected chi connectivity index (χ3v) is 1.64. The average Bonchev–Trinajstić information content (AvgIpc) is 2.49. The number of aromatic nitrogens is 2. The molecule has 14 heavy (non-hydrogen) atoms. The lowest BCUT2D eigenvalue weighted by atomic mass is 10.3. The van der Waals surface area contributed by atoms with Gasteiger partial charge in [-0.05, 0) is 0 Å². The summed E-state index contributed by atoms with van der Waals surface area (Å²) in [6, 6.07) is 0. The SMILES string of the molecule is Cn1ccnc1NC(=O)CCC(=O)O. The summed E-state index contributed by atoms with van der Waals surface area (Å²) in [4.78, 5) is 25.2. The maximum atomic E-state index is 11.1. The molecule has 0 aliphatic heterocycles. The van der Waals surface area contributed by atoms with Crippen LogP contribution in [-0.2, 0) is 16.6 Å². The van der Waals surface area contributed by atoms with E-state index in [1.807, 2.05) is 0 Å². The minimum absolute atomic E-state index is 0.0395. The Hall–Kier alpha value is -1.85. The second kappa shape index (κ2) is 4.40. The van der Waals surface area contributed by atoms with Crippen LogP contribution in [-0.4, -0.2) is 26.5 Å². The molecule has 0 aliphatic rings. The summed E-state index contributed by atoms with van der Waals surface area (Å²) >= 11 is 0. The Bertz CT molecular complexity index is 345. The number of hydrogen-bond acceptors (Lipinski definition) is 3. The maximum absolute atomic E-state index is 11.1. The third-order valence-electron chi connectivity index (χ3n) is 1.64. The molecule has 0 radical (unpaired) electrons. The van der Waals surface area contributed by atoms with E-state index >= 15 is 0 Å².